The molecular formula is C25H26N4O3S. The highest BCUT2D eigenvalue weighted by atomic mass is 32.1. The molecule has 0 atom stereocenters. The van der Waals surface area contributed by atoms with Crippen LogP contribution in [0, 0.1) is 0 Å². The lowest BCUT2D eigenvalue weighted by atomic mass is 10.1. The summed E-state index contributed by atoms with van der Waals surface area (Å²) in [6.45, 7) is 0.982. The van der Waals surface area contributed by atoms with Crippen LogP contribution in [0.3, 0.4) is 0 Å². The van der Waals surface area contributed by atoms with Crippen molar-refractivity contribution < 1.29 is 14.3 Å². The quantitative estimate of drug-likeness (QED) is 0.365. The molecule has 0 aliphatic carbocycles. The van der Waals surface area contributed by atoms with Crippen molar-refractivity contribution >= 4 is 17.2 Å². The number of H-pyrrole nitrogens is 1. The number of aromatic amines is 1. The van der Waals surface area contributed by atoms with Gasteiger partial charge in [0.1, 0.15) is 6.61 Å². The van der Waals surface area contributed by atoms with E-state index in [1.54, 1.807) is 35.7 Å². The maximum atomic E-state index is 12.9. The van der Waals surface area contributed by atoms with Crippen molar-refractivity contribution in [1.82, 2.24) is 20.1 Å². The second kappa shape index (κ2) is 10.8. The molecule has 33 heavy (non-hydrogen) atoms. The van der Waals surface area contributed by atoms with Gasteiger partial charge in [0, 0.05) is 35.8 Å². The van der Waals surface area contributed by atoms with E-state index in [2.05, 4.69) is 21.2 Å². The first-order chi connectivity index (χ1) is 16.1. The molecule has 0 radical (unpaired) electrons. The zero-order valence-corrected chi connectivity index (χ0v) is 19.5. The van der Waals surface area contributed by atoms with E-state index in [0.29, 0.717) is 30.2 Å². The van der Waals surface area contributed by atoms with E-state index in [1.807, 2.05) is 42.8 Å². The third-order valence-corrected chi connectivity index (χ3v) is 5.89. The molecular weight excluding hydrogens is 436 g/mol. The molecule has 1 amide bonds. The summed E-state index contributed by atoms with van der Waals surface area (Å²) in [7, 11) is 3.38. The number of rotatable bonds is 10. The number of carbonyl (C=O) groups is 1. The van der Waals surface area contributed by atoms with Gasteiger partial charge in [0.25, 0.3) is 5.91 Å². The van der Waals surface area contributed by atoms with Gasteiger partial charge in [-0.1, -0.05) is 30.3 Å². The number of hydrogen-bond donors (Lipinski definition) is 1. The Kier molecular flexibility index (Phi) is 7.36. The minimum absolute atomic E-state index is 0.0612. The summed E-state index contributed by atoms with van der Waals surface area (Å²) in [4.78, 5) is 18.8. The van der Waals surface area contributed by atoms with Crippen molar-refractivity contribution in [3.05, 3.63) is 82.4 Å². The van der Waals surface area contributed by atoms with E-state index in [0.717, 1.165) is 35.5 Å². The van der Waals surface area contributed by atoms with Crippen molar-refractivity contribution in [2.75, 3.05) is 20.7 Å². The normalized spacial score (nSPS) is 10.7. The van der Waals surface area contributed by atoms with E-state index in [-0.39, 0.29) is 5.91 Å². The van der Waals surface area contributed by atoms with Gasteiger partial charge in [0.05, 0.1) is 24.0 Å². The van der Waals surface area contributed by atoms with Gasteiger partial charge in [-0.05, 0) is 37.1 Å². The largest absolute Gasteiger partial charge is 0.493 e. The van der Waals surface area contributed by atoms with Crippen molar-refractivity contribution in [2.45, 2.75) is 19.4 Å². The summed E-state index contributed by atoms with van der Waals surface area (Å²) >= 11 is 1.52. The van der Waals surface area contributed by atoms with Crippen LogP contribution in [0.2, 0.25) is 0 Å². The SMILES string of the molecule is COc1cc(C(=O)N(C)CCCc2cc(-c3ccccc3)n[nH]2)ccc1OCc1cscn1. The molecule has 2 aromatic heterocycles. The maximum Gasteiger partial charge on any atom is 0.253 e. The van der Waals surface area contributed by atoms with Crippen LogP contribution in [0.1, 0.15) is 28.2 Å². The Morgan fingerprint density at radius 3 is 2.73 bits per heavy atom. The average Bonchev–Trinajstić information content (AvgIpc) is 3.55. The van der Waals surface area contributed by atoms with Gasteiger partial charge in [-0.15, -0.1) is 11.3 Å². The molecule has 0 aliphatic rings. The predicted octanol–water partition coefficient (Wildman–Crippen LogP) is 4.83. The molecule has 8 heteroatoms. The van der Waals surface area contributed by atoms with Crippen molar-refractivity contribution in [3.8, 4) is 22.8 Å². The predicted molar refractivity (Wildman–Crippen MR) is 129 cm³/mol. The number of aromatic nitrogens is 3. The first kappa shape index (κ1) is 22.5. The fourth-order valence-corrected chi connectivity index (χ4v) is 4.00. The molecule has 7 nitrogen and oxygen atoms in total. The summed E-state index contributed by atoms with van der Waals surface area (Å²) in [5, 5.41) is 9.42. The Morgan fingerprint density at radius 1 is 1.12 bits per heavy atom. The highest BCUT2D eigenvalue weighted by Gasteiger charge is 2.15. The van der Waals surface area contributed by atoms with Gasteiger partial charge in [-0.2, -0.15) is 5.10 Å². The zero-order chi connectivity index (χ0) is 23.0. The lowest BCUT2D eigenvalue weighted by molar-refractivity contribution is 0.0793. The molecule has 0 saturated carbocycles. The molecule has 4 aromatic rings. The monoisotopic (exact) mass is 462 g/mol. The van der Waals surface area contributed by atoms with Crippen LogP contribution in [-0.2, 0) is 13.0 Å². The van der Waals surface area contributed by atoms with Crippen LogP contribution in [-0.4, -0.2) is 46.7 Å². The van der Waals surface area contributed by atoms with Crippen LogP contribution in [0.15, 0.2) is 65.5 Å². The minimum Gasteiger partial charge on any atom is -0.493 e. The molecule has 4 rings (SSSR count). The number of methoxy groups -OCH3 is 1. The average molecular weight is 463 g/mol. The van der Waals surface area contributed by atoms with E-state index in [9.17, 15) is 4.79 Å². The fraction of sp³-hybridized carbons (Fsp3) is 0.240. The van der Waals surface area contributed by atoms with E-state index in [4.69, 9.17) is 9.47 Å². The van der Waals surface area contributed by atoms with Crippen LogP contribution in [0.25, 0.3) is 11.3 Å². The lowest BCUT2D eigenvalue weighted by Gasteiger charge is -2.18. The Bertz CT molecular complexity index is 1180. The van der Waals surface area contributed by atoms with Crippen LogP contribution in [0.4, 0.5) is 0 Å². The van der Waals surface area contributed by atoms with Gasteiger partial charge >= 0.3 is 0 Å². The summed E-state index contributed by atoms with van der Waals surface area (Å²) in [6, 6.07) is 17.4. The highest BCUT2D eigenvalue weighted by Crippen LogP contribution is 2.29. The Morgan fingerprint density at radius 2 is 1.97 bits per heavy atom. The number of hydrogen-bond acceptors (Lipinski definition) is 6. The number of nitrogens with zero attached hydrogens (tertiary/aromatic N) is 3. The third kappa shape index (κ3) is 5.78. The number of benzene rings is 2. The number of ether oxygens (including phenoxy) is 2. The second-order valence-electron chi connectivity index (χ2n) is 7.61. The first-order valence-electron chi connectivity index (χ1n) is 10.7. The molecule has 0 unspecified atom stereocenters. The van der Waals surface area contributed by atoms with Crippen molar-refractivity contribution in [3.63, 3.8) is 0 Å². The highest BCUT2D eigenvalue weighted by molar-refractivity contribution is 7.07. The fourth-order valence-electron chi connectivity index (χ4n) is 3.46. The third-order valence-electron chi connectivity index (χ3n) is 5.26. The molecule has 0 fully saturated rings. The topological polar surface area (TPSA) is 80.3 Å². The Labute approximate surface area is 197 Å². The molecule has 0 spiro atoms. The number of aryl methyl sites for hydroxylation is 1. The van der Waals surface area contributed by atoms with Gasteiger partial charge < -0.3 is 14.4 Å². The summed E-state index contributed by atoms with van der Waals surface area (Å²) in [5.41, 5.74) is 6.25. The number of thiazole rings is 1. The molecule has 170 valence electrons. The summed E-state index contributed by atoms with van der Waals surface area (Å²) in [6.07, 6.45) is 1.63. The van der Waals surface area contributed by atoms with Crippen molar-refractivity contribution in [1.29, 1.82) is 0 Å². The van der Waals surface area contributed by atoms with Crippen LogP contribution in [0.5, 0.6) is 11.5 Å². The summed E-state index contributed by atoms with van der Waals surface area (Å²) in [5.74, 6) is 1.04. The van der Waals surface area contributed by atoms with E-state index < -0.39 is 0 Å². The molecule has 0 aliphatic heterocycles. The number of amides is 1. The Balaban J connectivity index is 1.30. The minimum atomic E-state index is -0.0612. The van der Waals surface area contributed by atoms with Gasteiger partial charge in [-0.25, -0.2) is 4.98 Å². The lowest BCUT2D eigenvalue weighted by Crippen LogP contribution is -2.28. The number of nitrogens with one attached hydrogen (secondary N) is 1. The molecule has 2 aromatic carbocycles. The number of carbonyl (C=O) groups excluding carboxylic acids is 1. The maximum absolute atomic E-state index is 12.9. The van der Waals surface area contributed by atoms with Gasteiger partial charge in [-0.3, -0.25) is 9.89 Å². The molecule has 1 N–H and O–H groups in total. The Hall–Kier alpha value is -3.65. The van der Waals surface area contributed by atoms with E-state index in [1.165, 1.54) is 11.3 Å². The van der Waals surface area contributed by atoms with Crippen molar-refractivity contribution in [2.24, 2.45) is 0 Å². The molecule has 0 bridgehead atoms. The van der Waals surface area contributed by atoms with Crippen LogP contribution < -0.4 is 9.47 Å². The van der Waals surface area contributed by atoms with Gasteiger partial charge in [0.2, 0.25) is 0 Å². The smallest absolute Gasteiger partial charge is 0.253 e. The first-order valence-corrected chi connectivity index (χ1v) is 11.6. The molecule has 2 heterocycles. The van der Waals surface area contributed by atoms with Gasteiger partial charge in [0.15, 0.2) is 11.5 Å². The van der Waals surface area contributed by atoms with E-state index >= 15 is 0 Å². The zero-order valence-electron chi connectivity index (χ0n) is 18.7. The molecule has 0 saturated heterocycles. The van der Waals surface area contributed by atoms with Crippen LogP contribution >= 0.6 is 11.3 Å². The summed E-state index contributed by atoms with van der Waals surface area (Å²) < 4.78 is 11.2. The second-order valence-corrected chi connectivity index (χ2v) is 8.33. The standard InChI is InChI=1S/C25H26N4O3S/c1-29(12-6-9-20-14-22(28-27-20)18-7-4-3-5-8-18)25(30)19-10-11-23(24(13-19)31-2)32-15-21-16-33-17-26-21/h3-5,7-8,10-11,13-14,16-17H,6,9,12,15H2,1-2H3,(H,27,28).